The van der Waals surface area contributed by atoms with Crippen LogP contribution in [0.25, 0.3) is 4.85 Å². The first-order valence-electron chi connectivity index (χ1n) is 10.5. The predicted molar refractivity (Wildman–Crippen MR) is 120 cm³/mol. The van der Waals surface area contributed by atoms with Gasteiger partial charge in [0, 0.05) is 19.0 Å². The molecule has 0 spiro atoms. The maximum atomic E-state index is 12.9. The lowest BCUT2D eigenvalue weighted by atomic mass is 9.90. The van der Waals surface area contributed by atoms with E-state index in [1.807, 2.05) is 4.90 Å². The highest BCUT2D eigenvalue weighted by molar-refractivity contribution is 5.87. The summed E-state index contributed by atoms with van der Waals surface area (Å²) >= 11 is 0. The zero-order valence-electron chi connectivity index (χ0n) is 18.9. The summed E-state index contributed by atoms with van der Waals surface area (Å²) in [5.74, 6) is -0.160. The van der Waals surface area contributed by atoms with Gasteiger partial charge in [0.25, 0.3) is 5.69 Å². The SMILES string of the molecule is [C-]#[N+]c1c(N)ncnc1N1CCCC(c2ccc(OC(F)(F)F)c(NC(=O)OC(C)(C)C)c2)C1. The van der Waals surface area contributed by atoms with Gasteiger partial charge in [-0.2, -0.15) is 0 Å². The summed E-state index contributed by atoms with van der Waals surface area (Å²) < 4.78 is 48.0. The van der Waals surface area contributed by atoms with Crippen LogP contribution in [-0.2, 0) is 4.74 Å². The van der Waals surface area contributed by atoms with Crippen LogP contribution < -0.4 is 20.7 Å². The summed E-state index contributed by atoms with van der Waals surface area (Å²) in [5.41, 5.74) is 5.67. The van der Waals surface area contributed by atoms with Crippen molar-refractivity contribution in [2.45, 2.75) is 51.5 Å². The Morgan fingerprint density at radius 3 is 2.68 bits per heavy atom. The third kappa shape index (κ3) is 6.40. The molecule has 0 bridgehead atoms. The molecule has 0 aliphatic carbocycles. The van der Waals surface area contributed by atoms with Crippen molar-refractivity contribution in [1.82, 2.24) is 9.97 Å². The Morgan fingerprint density at radius 2 is 2.03 bits per heavy atom. The largest absolute Gasteiger partial charge is 0.573 e. The molecule has 2 heterocycles. The van der Waals surface area contributed by atoms with E-state index >= 15 is 0 Å². The first-order valence-corrected chi connectivity index (χ1v) is 10.5. The van der Waals surface area contributed by atoms with E-state index in [0.717, 1.165) is 12.8 Å². The molecule has 1 saturated heterocycles. The minimum absolute atomic E-state index is 0.0830. The summed E-state index contributed by atoms with van der Waals surface area (Å²) in [6.07, 6.45) is -3.05. The number of nitrogens with one attached hydrogen (secondary N) is 1. The van der Waals surface area contributed by atoms with Gasteiger partial charge in [0.05, 0.1) is 12.3 Å². The topological polar surface area (TPSA) is 107 Å². The van der Waals surface area contributed by atoms with Crippen molar-refractivity contribution in [3.05, 3.63) is 41.5 Å². The van der Waals surface area contributed by atoms with E-state index < -0.39 is 23.8 Å². The molecule has 1 fully saturated rings. The van der Waals surface area contributed by atoms with Crippen molar-refractivity contribution < 1.29 is 27.4 Å². The second-order valence-electron chi connectivity index (χ2n) is 8.76. The molecule has 0 radical (unpaired) electrons. The summed E-state index contributed by atoms with van der Waals surface area (Å²) in [4.78, 5) is 25.6. The van der Waals surface area contributed by atoms with E-state index in [-0.39, 0.29) is 23.1 Å². The van der Waals surface area contributed by atoms with Crippen molar-refractivity contribution >= 4 is 29.1 Å². The molecule has 1 aliphatic heterocycles. The van der Waals surface area contributed by atoms with Crippen LogP contribution in [0.15, 0.2) is 24.5 Å². The smallest absolute Gasteiger partial charge is 0.444 e. The number of amides is 1. The van der Waals surface area contributed by atoms with Crippen LogP contribution in [0, 0.1) is 6.57 Å². The van der Waals surface area contributed by atoms with E-state index in [1.165, 1.54) is 24.5 Å². The van der Waals surface area contributed by atoms with Gasteiger partial charge in [-0.15, -0.1) is 13.2 Å². The second-order valence-corrected chi connectivity index (χ2v) is 8.76. The number of hydrogen-bond donors (Lipinski definition) is 2. The van der Waals surface area contributed by atoms with E-state index in [2.05, 4.69) is 24.9 Å². The number of ether oxygens (including phenoxy) is 2. The Labute approximate surface area is 194 Å². The van der Waals surface area contributed by atoms with E-state index in [0.29, 0.717) is 24.5 Å². The number of carbonyl (C=O) groups excluding carboxylic acids is 1. The molecule has 182 valence electrons. The second kappa shape index (κ2) is 9.62. The molecule has 12 heteroatoms. The molecule has 34 heavy (non-hydrogen) atoms. The van der Waals surface area contributed by atoms with Crippen molar-refractivity contribution in [1.29, 1.82) is 0 Å². The minimum atomic E-state index is -4.93. The standard InChI is InChI=1S/C22H25F3N6O3/c1-21(2,3)34-20(32)30-15-10-13(7-8-16(15)33-22(23,24)25)14-6-5-9-31(11-14)19-17(27-4)18(26)28-12-29-19/h7-8,10,12,14H,5-6,9,11H2,1-3H3,(H,30,32)(H2,26,28,29). The number of rotatable bonds is 4. The van der Waals surface area contributed by atoms with Crippen LogP contribution >= 0.6 is 0 Å². The zero-order valence-corrected chi connectivity index (χ0v) is 18.9. The van der Waals surface area contributed by atoms with Crippen LogP contribution in [0.2, 0.25) is 0 Å². The van der Waals surface area contributed by atoms with Gasteiger partial charge in [-0.05, 0) is 51.3 Å². The average molecular weight is 478 g/mol. The minimum Gasteiger partial charge on any atom is -0.444 e. The number of alkyl halides is 3. The molecule has 0 saturated carbocycles. The molecule has 1 unspecified atom stereocenters. The quantitative estimate of drug-likeness (QED) is 0.579. The summed E-state index contributed by atoms with van der Waals surface area (Å²) in [5, 5.41) is 2.36. The fraction of sp³-hybridized carbons (Fsp3) is 0.455. The van der Waals surface area contributed by atoms with Gasteiger partial charge in [-0.25, -0.2) is 19.6 Å². The van der Waals surface area contributed by atoms with Gasteiger partial charge in [-0.1, -0.05) is 6.07 Å². The predicted octanol–water partition coefficient (Wildman–Crippen LogP) is 5.24. The molecule has 9 nitrogen and oxygen atoms in total. The lowest BCUT2D eigenvalue weighted by Gasteiger charge is -2.34. The van der Waals surface area contributed by atoms with Crippen molar-refractivity contribution in [3.63, 3.8) is 0 Å². The molecule has 1 aliphatic rings. The number of benzene rings is 1. The monoisotopic (exact) mass is 478 g/mol. The first kappa shape index (κ1) is 24.9. The molecule has 3 N–H and O–H groups in total. The lowest BCUT2D eigenvalue weighted by molar-refractivity contribution is -0.274. The fourth-order valence-corrected chi connectivity index (χ4v) is 3.69. The van der Waals surface area contributed by atoms with Gasteiger partial charge in [-0.3, -0.25) is 5.32 Å². The first-order chi connectivity index (χ1) is 15.9. The third-order valence-corrected chi connectivity index (χ3v) is 5.00. The Hall–Kier alpha value is -3.75. The molecule has 2 aromatic rings. The van der Waals surface area contributed by atoms with Gasteiger partial charge in [0.15, 0.2) is 5.75 Å². The van der Waals surface area contributed by atoms with Crippen LogP contribution in [0.3, 0.4) is 0 Å². The number of piperidine rings is 1. The van der Waals surface area contributed by atoms with Crippen LogP contribution in [-0.4, -0.2) is 41.1 Å². The number of carbonyl (C=O) groups is 1. The fourth-order valence-electron chi connectivity index (χ4n) is 3.69. The highest BCUT2D eigenvalue weighted by Gasteiger charge is 2.33. The average Bonchev–Trinajstić information content (AvgIpc) is 2.72. The Balaban J connectivity index is 1.89. The van der Waals surface area contributed by atoms with E-state index in [4.69, 9.17) is 17.0 Å². The van der Waals surface area contributed by atoms with E-state index in [1.54, 1.807) is 20.8 Å². The highest BCUT2D eigenvalue weighted by atomic mass is 19.4. The summed E-state index contributed by atoms with van der Waals surface area (Å²) in [6.45, 7) is 13.4. The number of hydrogen-bond acceptors (Lipinski definition) is 7. The third-order valence-electron chi connectivity index (χ3n) is 5.00. The van der Waals surface area contributed by atoms with Gasteiger partial charge < -0.3 is 20.1 Å². The normalized spacial score (nSPS) is 16.5. The van der Waals surface area contributed by atoms with Crippen LogP contribution in [0.4, 0.5) is 41.0 Å². The molecular formula is C22H25F3N6O3. The van der Waals surface area contributed by atoms with Gasteiger partial charge in [0.2, 0.25) is 0 Å². The number of nitrogen functional groups attached to an aromatic ring is 1. The molecule has 3 rings (SSSR count). The van der Waals surface area contributed by atoms with Crippen LogP contribution in [0.5, 0.6) is 5.75 Å². The van der Waals surface area contributed by atoms with Crippen LogP contribution in [0.1, 0.15) is 45.1 Å². The van der Waals surface area contributed by atoms with Gasteiger partial charge in [0.1, 0.15) is 23.6 Å². The molecular weight excluding hydrogens is 453 g/mol. The number of aromatic nitrogens is 2. The number of anilines is 3. The summed E-state index contributed by atoms with van der Waals surface area (Å²) in [7, 11) is 0. The van der Waals surface area contributed by atoms with Gasteiger partial charge >= 0.3 is 12.5 Å². The zero-order chi connectivity index (χ0) is 25.1. The number of halogens is 3. The van der Waals surface area contributed by atoms with Crippen molar-refractivity contribution in [2.24, 2.45) is 0 Å². The maximum Gasteiger partial charge on any atom is 0.573 e. The molecule has 1 atom stereocenters. The Bertz CT molecular complexity index is 1090. The number of nitrogens with two attached hydrogens (primary N) is 1. The molecule has 1 amide bonds. The molecule has 1 aromatic heterocycles. The Morgan fingerprint density at radius 1 is 1.29 bits per heavy atom. The number of nitrogens with zero attached hydrogens (tertiary/aromatic N) is 4. The lowest BCUT2D eigenvalue weighted by Crippen LogP contribution is -2.35. The highest BCUT2D eigenvalue weighted by Crippen LogP contribution is 2.38. The maximum absolute atomic E-state index is 12.9. The summed E-state index contributed by atoms with van der Waals surface area (Å²) in [6, 6.07) is 4.14. The Kier molecular flexibility index (Phi) is 7.04. The van der Waals surface area contributed by atoms with Crippen molar-refractivity contribution in [3.8, 4) is 5.75 Å². The molecule has 1 aromatic carbocycles. The van der Waals surface area contributed by atoms with E-state index in [9.17, 15) is 18.0 Å². The van der Waals surface area contributed by atoms with Crippen molar-refractivity contribution in [2.75, 3.05) is 29.0 Å².